The minimum Gasteiger partial charge on any atom is -0.505 e. The van der Waals surface area contributed by atoms with Gasteiger partial charge in [-0.2, -0.15) is 0 Å². The van der Waals surface area contributed by atoms with Crippen molar-refractivity contribution in [3.63, 3.8) is 0 Å². The number of sulfonamides is 1. The Labute approximate surface area is 176 Å². The van der Waals surface area contributed by atoms with Gasteiger partial charge in [-0.1, -0.05) is 63.2 Å². The Hall–Kier alpha value is -3.12. The Morgan fingerprint density at radius 2 is 1.60 bits per heavy atom. The monoisotopic (exact) mass is 421 g/mol. The van der Waals surface area contributed by atoms with Gasteiger partial charge in [-0.25, -0.2) is 8.42 Å². The van der Waals surface area contributed by atoms with Crippen molar-refractivity contribution in [2.24, 2.45) is 0 Å². The van der Waals surface area contributed by atoms with Crippen molar-refractivity contribution in [1.29, 1.82) is 0 Å². The van der Waals surface area contributed by atoms with Gasteiger partial charge in [-0.15, -0.1) is 0 Å². The number of likely N-dealkylation sites (N-methyl/N-ethyl adjacent to an activating group) is 1. The maximum absolute atomic E-state index is 13.3. The maximum Gasteiger partial charge on any atom is 0.265 e. The molecule has 0 aliphatic carbocycles. The quantitative estimate of drug-likeness (QED) is 0.599. The lowest BCUT2D eigenvalue weighted by Gasteiger charge is -2.30. The fourth-order valence-corrected chi connectivity index (χ4v) is 5.08. The number of aliphatic hydroxyl groups excluding tert-OH is 1. The van der Waals surface area contributed by atoms with Gasteiger partial charge in [0.2, 0.25) is 5.78 Å². The van der Waals surface area contributed by atoms with Crippen molar-refractivity contribution in [3.8, 4) is 0 Å². The molecule has 0 spiro atoms. The Morgan fingerprint density at radius 1 is 0.933 bits per heavy atom. The Morgan fingerprint density at radius 3 is 2.27 bits per heavy atom. The lowest BCUT2D eigenvalue weighted by Crippen LogP contribution is -2.35. The van der Waals surface area contributed by atoms with E-state index >= 15 is 0 Å². The molecule has 0 atom stereocenters. The normalized spacial score (nSPS) is 15.9. The Balaban J connectivity index is 1.90. The lowest BCUT2D eigenvalue weighted by atomic mass is 9.86. The summed E-state index contributed by atoms with van der Waals surface area (Å²) < 4.78 is 27.3. The summed E-state index contributed by atoms with van der Waals surface area (Å²) in [5.41, 5.74) is 0.776. The molecular weight excluding hydrogens is 398 g/mol. The second-order valence-electron chi connectivity index (χ2n) is 8.52. The molecule has 6 heteroatoms. The van der Waals surface area contributed by atoms with E-state index in [9.17, 15) is 18.3 Å². The number of hydrogen-bond donors (Lipinski definition) is 1. The highest BCUT2D eigenvalue weighted by Crippen LogP contribution is 2.38. The number of Topliss-reactive ketones (excluding diaryl/α,β-unsaturated/α-hetero) is 1. The zero-order chi connectivity index (χ0) is 21.8. The minimum absolute atomic E-state index is 0.00462. The van der Waals surface area contributed by atoms with Crippen LogP contribution >= 0.6 is 0 Å². The van der Waals surface area contributed by atoms with Crippen LogP contribution in [-0.4, -0.2) is 30.7 Å². The van der Waals surface area contributed by atoms with E-state index in [1.807, 2.05) is 45.0 Å². The van der Waals surface area contributed by atoms with Gasteiger partial charge in [0.1, 0.15) is 5.70 Å². The second kappa shape index (κ2) is 6.71. The van der Waals surface area contributed by atoms with E-state index in [0.717, 1.165) is 20.6 Å². The molecule has 5 nitrogen and oxygen atoms in total. The molecule has 1 N–H and O–H groups in total. The minimum atomic E-state index is -3.99. The summed E-state index contributed by atoms with van der Waals surface area (Å²) in [6, 6.07) is 17.7. The van der Waals surface area contributed by atoms with Crippen molar-refractivity contribution < 1.29 is 18.3 Å². The van der Waals surface area contributed by atoms with Crippen molar-refractivity contribution in [3.05, 3.63) is 83.1 Å². The van der Waals surface area contributed by atoms with E-state index in [2.05, 4.69) is 0 Å². The predicted molar refractivity (Wildman–Crippen MR) is 118 cm³/mol. The smallest absolute Gasteiger partial charge is 0.265 e. The number of aliphatic hydroxyl groups is 1. The van der Waals surface area contributed by atoms with Gasteiger partial charge in [-0.3, -0.25) is 9.10 Å². The van der Waals surface area contributed by atoms with E-state index in [-0.39, 0.29) is 27.3 Å². The molecular formula is C24H23NO4S. The molecule has 1 heterocycles. The molecule has 30 heavy (non-hydrogen) atoms. The fourth-order valence-electron chi connectivity index (χ4n) is 3.66. The molecule has 3 aromatic carbocycles. The van der Waals surface area contributed by atoms with Gasteiger partial charge in [0.15, 0.2) is 5.76 Å². The van der Waals surface area contributed by atoms with Crippen LogP contribution in [-0.2, 0) is 15.4 Å². The number of hydrogen-bond acceptors (Lipinski definition) is 4. The molecule has 0 saturated heterocycles. The third-order valence-corrected chi connectivity index (χ3v) is 7.30. The van der Waals surface area contributed by atoms with Crippen LogP contribution in [0.3, 0.4) is 0 Å². The third kappa shape index (κ3) is 3.08. The van der Waals surface area contributed by atoms with E-state index in [4.69, 9.17) is 0 Å². The number of allylic oxidation sites excluding steroid dienone is 1. The summed E-state index contributed by atoms with van der Waals surface area (Å²) in [7, 11) is -2.69. The van der Waals surface area contributed by atoms with Gasteiger partial charge >= 0.3 is 0 Å². The van der Waals surface area contributed by atoms with Gasteiger partial charge in [0, 0.05) is 18.2 Å². The van der Waals surface area contributed by atoms with Crippen LogP contribution in [0.2, 0.25) is 0 Å². The number of rotatable bonds is 2. The molecule has 4 rings (SSSR count). The molecule has 0 radical (unpaired) electrons. The molecule has 0 amide bonds. The van der Waals surface area contributed by atoms with Crippen LogP contribution in [0.25, 0.3) is 16.5 Å². The molecule has 1 aliphatic rings. The Bertz CT molecular complexity index is 1330. The first-order valence-electron chi connectivity index (χ1n) is 9.62. The van der Waals surface area contributed by atoms with Crippen LogP contribution < -0.4 is 0 Å². The van der Waals surface area contributed by atoms with Gasteiger partial charge in [-0.05, 0) is 39.9 Å². The zero-order valence-electron chi connectivity index (χ0n) is 17.3. The van der Waals surface area contributed by atoms with Crippen LogP contribution in [0, 0.1) is 0 Å². The van der Waals surface area contributed by atoms with Crippen molar-refractivity contribution in [2.75, 3.05) is 7.05 Å². The summed E-state index contributed by atoms with van der Waals surface area (Å²) in [5, 5.41) is 12.7. The summed E-state index contributed by atoms with van der Waals surface area (Å²) in [5.74, 6) is -0.879. The first-order valence-corrected chi connectivity index (χ1v) is 11.1. The number of fused-ring (bicyclic) bond motifs is 2. The molecule has 0 bridgehead atoms. The van der Waals surface area contributed by atoms with E-state index in [1.54, 1.807) is 36.4 Å². The average molecular weight is 422 g/mol. The number of carbonyl (C=O) groups is 1. The number of benzene rings is 3. The van der Waals surface area contributed by atoms with E-state index in [0.29, 0.717) is 5.56 Å². The standard InChI is InChI=1S/C24H23NO4S/c1-24(2,3)18-11-12-19-20(14-18)30(28,29)25(4)21(23(19)27)22(26)17-10-9-15-7-5-6-8-16(15)13-17/h5-14,27H,1-4H3. The highest BCUT2D eigenvalue weighted by Gasteiger charge is 2.38. The zero-order valence-corrected chi connectivity index (χ0v) is 18.1. The summed E-state index contributed by atoms with van der Waals surface area (Å²) in [6.45, 7) is 5.95. The summed E-state index contributed by atoms with van der Waals surface area (Å²) >= 11 is 0. The van der Waals surface area contributed by atoms with Crippen LogP contribution in [0.1, 0.15) is 42.3 Å². The van der Waals surface area contributed by atoms with Crippen LogP contribution in [0.5, 0.6) is 0 Å². The maximum atomic E-state index is 13.3. The molecule has 0 fully saturated rings. The molecule has 3 aromatic rings. The molecule has 0 saturated carbocycles. The average Bonchev–Trinajstić information content (AvgIpc) is 2.71. The molecule has 0 aromatic heterocycles. The number of nitrogens with zero attached hydrogens (tertiary/aromatic N) is 1. The lowest BCUT2D eigenvalue weighted by molar-refractivity contribution is 0.101. The van der Waals surface area contributed by atoms with Crippen LogP contribution in [0.15, 0.2) is 71.3 Å². The highest BCUT2D eigenvalue weighted by atomic mass is 32.2. The summed E-state index contributed by atoms with van der Waals surface area (Å²) in [4.78, 5) is 13.3. The SMILES string of the molecule is CN1C(C(=O)c2ccc3ccccc3c2)=C(O)c2ccc(C(C)(C)C)cc2S1(=O)=O. The third-order valence-electron chi connectivity index (χ3n) is 5.51. The van der Waals surface area contributed by atoms with Gasteiger partial charge < -0.3 is 5.11 Å². The largest absolute Gasteiger partial charge is 0.505 e. The predicted octanol–water partition coefficient (Wildman–Crippen LogP) is 4.88. The second-order valence-corrected chi connectivity index (χ2v) is 10.5. The van der Waals surface area contributed by atoms with Crippen molar-refractivity contribution in [2.45, 2.75) is 31.1 Å². The summed E-state index contributed by atoms with van der Waals surface area (Å²) in [6.07, 6.45) is 0. The fraction of sp³-hybridized carbons (Fsp3) is 0.208. The van der Waals surface area contributed by atoms with Crippen LogP contribution in [0.4, 0.5) is 0 Å². The number of carbonyl (C=O) groups excluding carboxylic acids is 1. The molecule has 1 aliphatic heterocycles. The van der Waals surface area contributed by atoms with E-state index < -0.39 is 15.8 Å². The number of ketones is 1. The first-order chi connectivity index (χ1) is 14.0. The van der Waals surface area contributed by atoms with Gasteiger partial charge in [0.05, 0.1) is 4.90 Å². The van der Waals surface area contributed by atoms with Crippen molar-refractivity contribution >= 4 is 32.3 Å². The van der Waals surface area contributed by atoms with Crippen molar-refractivity contribution in [1.82, 2.24) is 4.31 Å². The highest BCUT2D eigenvalue weighted by molar-refractivity contribution is 7.89. The molecule has 154 valence electrons. The Kier molecular flexibility index (Phi) is 4.51. The van der Waals surface area contributed by atoms with E-state index in [1.165, 1.54) is 7.05 Å². The molecule has 0 unspecified atom stereocenters. The topological polar surface area (TPSA) is 74.7 Å². The van der Waals surface area contributed by atoms with Gasteiger partial charge in [0.25, 0.3) is 10.0 Å². The first kappa shape index (κ1) is 20.2.